The first kappa shape index (κ1) is 17.7. The fourth-order valence-corrected chi connectivity index (χ4v) is 4.18. The highest BCUT2D eigenvalue weighted by atomic mass is 19.1. The SMILES string of the molecule is CCn1ccnc1C1CCN(C(=O)[C@@H]2CC(=O)Nc3cc(F)ccc32)CC1. The minimum Gasteiger partial charge on any atom is -0.342 e. The Morgan fingerprint density at radius 2 is 2.11 bits per heavy atom. The van der Waals surface area contributed by atoms with Gasteiger partial charge < -0.3 is 14.8 Å². The summed E-state index contributed by atoms with van der Waals surface area (Å²) in [5, 5.41) is 2.67. The molecule has 6 nitrogen and oxygen atoms in total. The van der Waals surface area contributed by atoms with Gasteiger partial charge in [0.15, 0.2) is 0 Å². The molecule has 0 bridgehead atoms. The van der Waals surface area contributed by atoms with Gasteiger partial charge in [0, 0.05) is 50.1 Å². The van der Waals surface area contributed by atoms with E-state index in [1.54, 1.807) is 6.07 Å². The summed E-state index contributed by atoms with van der Waals surface area (Å²) in [5.41, 5.74) is 1.11. The number of piperidine rings is 1. The number of amides is 2. The summed E-state index contributed by atoms with van der Waals surface area (Å²) in [4.78, 5) is 31.4. The average Bonchev–Trinajstić information content (AvgIpc) is 3.15. The third-order valence-electron chi connectivity index (χ3n) is 5.61. The molecule has 2 aliphatic rings. The van der Waals surface area contributed by atoms with E-state index in [1.807, 2.05) is 17.3 Å². The van der Waals surface area contributed by atoms with Gasteiger partial charge in [-0.1, -0.05) is 6.07 Å². The molecule has 0 spiro atoms. The fourth-order valence-electron chi connectivity index (χ4n) is 4.18. The molecule has 3 heterocycles. The predicted molar refractivity (Wildman–Crippen MR) is 98.8 cm³/mol. The summed E-state index contributed by atoms with van der Waals surface area (Å²) < 4.78 is 15.6. The highest BCUT2D eigenvalue weighted by molar-refractivity contribution is 6.01. The van der Waals surface area contributed by atoms with Crippen molar-refractivity contribution in [2.45, 2.75) is 44.6 Å². The Morgan fingerprint density at radius 3 is 2.85 bits per heavy atom. The Labute approximate surface area is 157 Å². The number of aryl methyl sites for hydroxylation is 1. The first-order valence-corrected chi connectivity index (χ1v) is 9.46. The topological polar surface area (TPSA) is 67.2 Å². The first-order valence-electron chi connectivity index (χ1n) is 9.46. The largest absolute Gasteiger partial charge is 0.342 e. The Morgan fingerprint density at radius 1 is 1.33 bits per heavy atom. The van der Waals surface area contributed by atoms with Crippen molar-refractivity contribution in [3.05, 3.63) is 47.8 Å². The second-order valence-corrected chi connectivity index (χ2v) is 7.21. The fraction of sp³-hybridized carbons (Fsp3) is 0.450. The van der Waals surface area contributed by atoms with E-state index in [0.29, 0.717) is 30.3 Å². The second kappa shape index (κ2) is 7.13. The molecule has 142 valence electrons. The first-order chi connectivity index (χ1) is 13.1. The van der Waals surface area contributed by atoms with Crippen molar-refractivity contribution in [2.24, 2.45) is 0 Å². The summed E-state index contributed by atoms with van der Waals surface area (Å²) in [6.07, 6.45) is 5.64. The minimum absolute atomic E-state index is 0.0463. The van der Waals surface area contributed by atoms with E-state index in [9.17, 15) is 14.0 Å². The third-order valence-corrected chi connectivity index (χ3v) is 5.61. The molecule has 1 N–H and O–H groups in total. The van der Waals surface area contributed by atoms with E-state index in [-0.39, 0.29) is 18.2 Å². The summed E-state index contributed by atoms with van der Waals surface area (Å²) in [6, 6.07) is 4.23. The zero-order valence-corrected chi connectivity index (χ0v) is 15.3. The number of likely N-dealkylation sites (tertiary alicyclic amines) is 1. The van der Waals surface area contributed by atoms with E-state index in [4.69, 9.17) is 0 Å². The van der Waals surface area contributed by atoms with Crippen LogP contribution in [0.15, 0.2) is 30.6 Å². The summed E-state index contributed by atoms with van der Waals surface area (Å²) >= 11 is 0. The summed E-state index contributed by atoms with van der Waals surface area (Å²) in [7, 11) is 0. The number of hydrogen-bond acceptors (Lipinski definition) is 3. The van der Waals surface area contributed by atoms with Gasteiger partial charge in [-0.25, -0.2) is 9.37 Å². The standard InChI is InChI=1S/C20H23FN4O2/c1-2-24-10-7-22-19(24)13-5-8-25(9-6-13)20(27)16-12-18(26)23-17-11-14(21)3-4-15(16)17/h3-4,7,10-11,13,16H,2,5-6,8-9,12H2,1H3,(H,23,26)/t16-/m1/s1. The van der Waals surface area contributed by atoms with Gasteiger partial charge in [0.05, 0.1) is 5.92 Å². The number of hydrogen-bond donors (Lipinski definition) is 1. The van der Waals surface area contributed by atoms with Crippen LogP contribution in [0, 0.1) is 5.82 Å². The van der Waals surface area contributed by atoms with E-state index < -0.39 is 11.7 Å². The van der Waals surface area contributed by atoms with Crippen molar-refractivity contribution in [3.63, 3.8) is 0 Å². The van der Waals surface area contributed by atoms with Crippen LogP contribution >= 0.6 is 0 Å². The monoisotopic (exact) mass is 370 g/mol. The average molecular weight is 370 g/mol. The number of nitrogens with one attached hydrogen (secondary N) is 1. The van der Waals surface area contributed by atoms with Crippen molar-refractivity contribution < 1.29 is 14.0 Å². The van der Waals surface area contributed by atoms with E-state index in [0.717, 1.165) is 25.2 Å². The Hall–Kier alpha value is -2.70. The lowest BCUT2D eigenvalue weighted by Crippen LogP contribution is -2.43. The normalized spacial score (nSPS) is 20.3. The molecule has 1 fully saturated rings. The molecule has 0 aliphatic carbocycles. The van der Waals surface area contributed by atoms with Gasteiger partial charge in [-0.15, -0.1) is 0 Å². The number of fused-ring (bicyclic) bond motifs is 1. The van der Waals surface area contributed by atoms with Gasteiger partial charge in [0.1, 0.15) is 11.6 Å². The van der Waals surface area contributed by atoms with Crippen LogP contribution in [0.4, 0.5) is 10.1 Å². The summed E-state index contributed by atoms with van der Waals surface area (Å²) in [5.74, 6) is 0.182. The lowest BCUT2D eigenvalue weighted by Gasteiger charge is -2.35. The number of carbonyl (C=O) groups excluding carboxylic acids is 2. The number of benzene rings is 1. The van der Waals surface area contributed by atoms with E-state index >= 15 is 0 Å². The van der Waals surface area contributed by atoms with Crippen LogP contribution in [0.2, 0.25) is 0 Å². The maximum Gasteiger partial charge on any atom is 0.230 e. The van der Waals surface area contributed by atoms with Crippen molar-refractivity contribution in [2.75, 3.05) is 18.4 Å². The van der Waals surface area contributed by atoms with Gasteiger partial charge in [0.2, 0.25) is 11.8 Å². The number of halogens is 1. The molecule has 0 unspecified atom stereocenters. The molecule has 1 atom stereocenters. The molecule has 2 aliphatic heterocycles. The van der Waals surface area contributed by atoms with Gasteiger partial charge >= 0.3 is 0 Å². The molecular formula is C20H23FN4O2. The van der Waals surface area contributed by atoms with Crippen LogP contribution < -0.4 is 5.32 Å². The number of aromatic nitrogens is 2. The maximum absolute atomic E-state index is 13.5. The van der Waals surface area contributed by atoms with Crippen molar-refractivity contribution in [3.8, 4) is 0 Å². The van der Waals surface area contributed by atoms with Crippen LogP contribution in [0.3, 0.4) is 0 Å². The second-order valence-electron chi connectivity index (χ2n) is 7.21. The van der Waals surface area contributed by atoms with Crippen LogP contribution in [0.5, 0.6) is 0 Å². The van der Waals surface area contributed by atoms with Gasteiger partial charge in [-0.2, -0.15) is 0 Å². The predicted octanol–water partition coefficient (Wildman–Crippen LogP) is 2.87. The zero-order chi connectivity index (χ0) is 19.0. The number of nitrogens with zero attached hydrogens (tertiary/aromatic N) is 3. The molecule has 2 aromatic rings. The number of carbonyl (C=O) groups is 2. The van der Waals surface area contributed by atoms with Crippen molar-refractivity contribution in [1.29, 1.82) is 0 Å². The number of anilines is 1. The van der Waals surface area contributed by atoms with Crippen molar-refractivity contribution >= 4 is 17.5 Å². The molecule has 4 rings (SSSR count). The van der Waals surface area contributed by atoms with E-state index in [1.165, 1.54) is 12.1 Å². The molecule has 1 aromatic carbocycles. The maximum atomic E-state index is 13.5. The van der Waals surface area contributed by atoms with Gasteiger partial charge in [0.25, 0.3) is 0 Å². The van der Waals surface area contributed by atoms with Crippen molar-refractivity contribution in [1.82, 2.24) is 14.5 Å². The lowest BCUT2D eigenvalue weighted by atomic mass is 9.88. The highest BCUT2D eigenvalue weighted by Gasteiger charge is 2.35. The molecule has 1 saturated heterocycles. The summed E-state index contributed by atoms with van der Waals surface area (Å²) in [6.45, 7) is 4.28. The van der Waals surface area contributed by atoms with Gasteiger partial charge in [-0.05, 0) is 37.5 Å². The van der Waals surface area contributed by atoms with Crippen LogP contribution in [0.1, 0.15) is 49.4 Å². The Balaban J connectivity index is 1.48. The number of imidazole rings is 1. The minimum atomic E-state index is -0.538. The zero-order valence-electron chi connectivity index (χ0n) is 15.3. The number of rotatable bonds is 3. The lowest BCUT2D eigenvalue weighted by molar-refractivity contribution is -0.136. The van der Waals surface area contributed by atoms with E-state index in [2.05, 4.69) is 21.8 Å². The molecular weight excluding hydrogens is 347 g/mol. The van der Waals surface area contributed by atoms with Gasteiger partial charge in [-0.3, -0.25) is 9.59 Å². The van der Waals surface area contributed by atoms with Crippen LogP contribution in [0.25, 0.3) is 0 Å². The van der Waals surface area contributed by atoms with Crippen LogP contribution in [-0.4, -0.2) is 39.4 Å². The molecule has 27 heavy (non-hydrogen) atoms. The smallest absolute Gasteiger partial charge is 0.230 e. The quantitative estimate of drug-likeness (QED) is 0.903. The Bertz CT molecular complexity index is 871. The molecule has 1 aromatic heterocycles. The molecule has 0 saturated carbocycles. The highest BCUT2D eigenvalue weighted by Crippen LogP contribution is 2.35. The molecule has 7 heteroatoms. The Kier molecular flexibility index (Phi) is 4.68. The molecule has 0 radical (unpaired) electrons. The van der Waals surface area contributed by atoms with Crippen LogP contribution in [-0.2, 0) is 16.1 Å². The molecule has 2 amide bonds. The third kappa shape index (κ3) is 3.34.